The van der Waals surface area contributed by atoms with Gasteiger partial charge in [0.1, 0.15) is 17.5 Å². The second-order valence-corrected chi connectivity index (χ2v) is 7.46. The maximum atomic E-state index is 13.0. The first-order valence-corrected chi connectivity index (χ1v) is 10.1. The molecule has 0 saturated carbocycles. The molecule has 0 radical (unpaired) electrons. The summed E-state index contributed by atoms with van der Waals surface area (Å²) in [6, 6.07) is 27.4. The highest BCUT2D eigenvalue weighted by Gasteiger charge is 2.35. The minimum absolute atomic E-state index is 0.152. The number of rotatable bonds is 5. The molecule has 1 atom stereocenters. The molecule has 0 fully saturated rings. The van der Waals surface area contributed by atoms with Crippen LogP contribution < -0.4 is 15.0 Å². The molecular weight excluding hydrogens is 388 g/mol. The summed E-state index contributed by atoms with van der Waals surface area (Å²) < 4.78 is 5.78. The van der Waals surface area contributed by atoms with Crippen molar-refractivity contribution in [3.63, 3.8) is 0 Å². The lowest BCUT2D eigenvalue weighted by Gasteiger charge is -2.24. The molecule has 5 nitrogen and oxygen atoms in total. The van der Waals surface area contributed by atoms with Crippen molar-refractivity contribution in [1.82, 2.24) is 0 Å². The van der Waals surface area contributed by atoms with Gasteiger partial charge >= 0.3 is 0 Å². The molecule has 5 rings (SSSR count). The molecule has 1 N–H and O–H groups in total. The molecular formula is C26H20N2O3. The Hall–Kier alpha value is -4.12. The summed E-state index contributed by atoms with van der Waals surface area (Å²) in [5.41, 5.74) is 2.04. The van der Waals surface area contributed by atoms with Crippen LogP contribution in [0.4, 0.5) is 11.4 Å². The minimum Gasteiger partial charge on any atom is -0.457 e. The van der Waals surface area contributed by atoms with Crippen molar-refractivity contribution in [3.05, 3.63) is 96.6 Å². The number of nitrogens with one attached hydrogen (secondary N) is 1. The first-order chi connectivity index (χ1) is 15.1. The first-order valence-electron chi connectivity index (χ1n) is 10.1. The fourth-order valence-electron chi connectivity index (χ4n) is 3.92. The van der Waals surface area contributed by atoms with Crippen molar-refractivity contribution < 1.29 is 14.3 Å². The smallest absolute Gasteiger partial charge is 0.259 e. The van der Waals surface area contributed by atoms with Crippen LogP contribution in [-0.2, 0) is 4.79 Å². The Kier molecular flexibility index (Phi) is 4.64. The number of anilines is 2. The van der Waals surface area contributed by atoms with Gasteiger partial charge in [0.2, 0.25) is 5.91 Å². The number of carbonyl (C=O) groups is 2. The van der Waals surface area contributed by atoms with E-state index in [1.807, 2.05) is 66.7 Å². The summed E-state index contributed by atoms with van der Waals surface area (Å²) >= 11 is 0. The summed E-state index contributed by atoms with van der Waals surface area (Å²) in [6.07, 6.45) is 0. The maximum Gasteiger partial charge on any atom is 0.259 e. The van der Waals surface area contributed by atoms with E-state index in [1.54, 1.807) is 36.1 Å². The molecule has 0 unspecified atom stereocenters. The molecule has 152 valence electrons. The van der Waals surface area contributed by atoms with Gasteiger partial charge in [-0.3, -0.25) is 14.5 Å². The van der Waals surface area contributed by atoms with Crippen molar-refractivity contribution in [2.75, 3.05) is 10.2 Å². The zero-order valence-corrected chi connectivity index (χ0v) is 16.9. The standard InChI is InChI=1S/C26H20N2O3/c1-17(28-23-12-6-8-18-7-5-11-22(24(18)23)26(28)30)25(29)27-19-13-15-21(16-14-19)31-20-9-3-2-4-10-20/h2-17H,1H3,(H,27,29)/t17-/m1/s1. The Labute approximate surface area is 179 Å². The van der Waals surface area contributed by atoms with E-state index < -0.39 is 6.04 Å². The average Bonchev–Trinajstić information content (AvgIpc) is 3.09. The molecule has 4 aromatic rings. The number of benzene rings is 4. The minimum atomic E-state index is -0.661. The second-order valence-electron chi connectivity index (χ2n) is 7.46. The highest BCUT2D eigenvalue weighted by atomic mass is 16.5. The fraction of sp³-hybridized carbons (Fsp3) is 0.0769. The summed E-state index contributed by atoms with van der Waals surface area (Å²) in [5.74, 6) is 1.01. The predicted molar refractivity (Wildman–Crippen MR) is 122 cm³/mol. The molecule has 5 heteroatoms. The van der Waals surface area contributed by atoms with E-state index in [0.29, 0.717) is 17.0 Å². The van der Waals surface area contributed by atoms with Gasteiger partial charge in [0.05, 0.1) is 5.69 Å². The Morgan fingerprint density at radius 1 is 0.839 bits per heavy atom. The van der Waals surface area contributed by atoms with Gasteiger partial charge < -0.3 is 10.1 Å². The third-order valence-corrected chi connectivity index (χ3v) is 5.46. The molecule has 31 heavy (non-hydrogen) atoms. The maximum absolute atomic E-state index is 13.0. The lowest BCUT2D eigenvalue weighted by Crippen LogP contribution is -2.44. The largest absolute Gasteiger partial charge is 0.457 e. The third-order valence-electron chi connectivity index (χ3n) is 5.46. The van der Waals surface area contributed by atoms with Gasteiger partial charge in [-0.15, -0.1) is 0 Å². The molecule has 2 amide bonds. The topological polar surface area (TPSA) is 58.6 Å². The van der Waals surface area contributed by atoms with E-state index in [1.165, 1.54) is 0 Å². The molecule has 1 aliphatic heterocycles. The van der Waals surface area contributed by atoms with Gasteiger partial charge in [-0.05, 0) is 60.8 Å². The SMILES string of the molecule is C[C@H](C(=O)Nc1ccc(Oc2ccccc2)cc1)N1C(=O)c2cccc3cccc1c23. The molecule has 0 aromatic heterocycles. The first kappa shape index (κ1) is 18.9. The molecule has 0 aliphatic carbocycles. The predicted octanol–water partition coefficient (Wildman–Crippen LogP) is 5.62. The highest BCUT2D eigenvalue weighted by molar-refractivity contribution is 6.26. The summed E-state index contributed by atoms with van der Waals surface area (Å²) in [4.78, 5) is 27.5. The molecule has 0 bridgehead atoms. The number of carbonyl (C=O) groups excluding carboxylic acids is 2. The van der Waals surface area contributed by atoms with Crippen molar-refractivity contribution in [3.8, 4) is 11.5 Å². The van der Waals surface area contributed by atoms with Crippen LogP contribution in [0.5, 0.6) is 11.5 Å². The number of hydrogen-bond acceptors (Lipinski definition) is 3. The Balaban J connectivity index is 1.32. The Bertz CT molecular complexity index is 1280. The number of amides is 2. The normalized spacial score (nSPS) is 13.3. The summed E-state index contributed by atoms with van der Waals surface area (Å²) in [5, 5.41) is 4.79. The fourth-order valence-corrected chi connectivity index (χ4v) is 3.92. The Morgan fingerprint density at radius 3 is 2.26 bits per heavy atom. The Morgan fingerprint density at radius 2 is 1.52 bits per heavy atom. The number of para-hydroxylation sites is 1. The van der Waals surface area contributed by atoms with Gasteiger partial charge in [-0.25, -0.2) is 0 Å². The van der Waals surface area contributed by atoms with E-state index in [0.717, 1.165) is 22.2 Å². The van der Waals surface area contributed by atoms with Crippen LogP contribution in [0.2, 0.25) is 0 Å². The van der Waals surface area contributed by atoms with Gasteiger partial charge in [-0.1, -0.05) is 42.5 Å². The van der Waals surface area contributed by atoms with E-state index >= 15 is 0 Å². The zero-order chi connectivity index (χ0) is 21.4. The third kappa shape index (κ3) is 3.40. The van der Waals surface area contributed by atoms with Crippen LogP contribution in [0.15, 0.2) is 91.0 Å². The summed E-state index contributed by atoms with van der Waals surface area (Å²) in [6.45, 7) is 1.74. The van der Waals surface area contributed by atoms with Gasteiger partial charge in [-0.2, -0.15) is 0 Å². The van der Waals surface area contributed by atoms with Crippen LogP contribution in [0, 0.1) is 0 Å². The zero-order valence-electron chi connectivity index (χ0n) is 16.9. The number of nitrogens with zero attached hydrogens (tertiary/aromatic N) is 1. The van der Waals surface area contributed by atoms with Crippen molar-refractivity contribution >= 4 is 34.0 Å². The van der Waals surface area contributed by atoms with Crippen LogP contribution in [-0.4, -0.2) is 17.9 Å². The van der Waals surface area contributed by atoms with Crippen LogP contribution in [0.3, 0.4) is 0 Å². The van der Waals surface area contributed by atoms with Gasteiger partial charge in [0.25, 0.3) is 5.91 Å². The molecule has 1 aliphatic rings. The van der Waals surface area contributed by atoms with Crippen molar-refractivity contribution in [2.45, 2.75) is 13.0 Å². The second kappa shape index (κ2) is 7.61. The molecule has 0 saturated heterocycles. The average molecular weight is 408 g/mol. The highest BCUT2D eigenvalue weighted by Crippen LogP contribution is 2.38. The van der Waals surface area contributed by atoms with Crippen molar-refractivity contribution in [1.29, 1.82) is 0 Å². The lowest BCUT2D eigenvalue weighted by molar-refractivity contribution is -0.117. The van der Waals surface area contributed by atoms with E-state index in [-0.39, 0.29) is 11.8 Å². The molecule has 4 aromatic carbocycles. The van der Waals surface area contributed by atoms with Crippen LogP contribution >= 0.6 is 0 Å². The lowest BCUT2D eigenvalue weighted by atomic mass is 10.1. The van der Waals surface area contributed by atoms with E-state index in [2.05, 4.69) is 5.32 Å². The van der Waals surface area contributed by atoms with Gasteiger partial charge in [0, 0.05) is 16.6 Å². The van der Waals surface area contributed by atoms with Crippen molar-refractivity contribution in [2.24, 2.45) is 0 Å². The molecule has 0 spiro atoms. The van der Waals surface area contributed by atoms with Crippen LogP contribution in [0.1, 0.15) is 17.3 Å². The number of ether oxygens (including phenoxy) is 1. The monoisotopic (exact) mass is 408 g/mol. The number of hydrogen-bond donors (Lipinski definition) is 1. The van der Waals surface area contributed by atoms with Gasteiger partial charge in [0.15, 0.2) is 0 Å². The van der Waals surface area contributed by atoms with E-state index in [4.69, 9.17) is 4.74 Å². The molecule has 1 heterocycles. The van der Waals surface area contributed by atoms with E-state index in [9.17, 15) is 9.59 Å². The van der Waals surface area contributed by atoms with Crippen LogP contribution in [0.25, 0.3) is 10.8 Å². The summed E-state index contributed by atoms with van der Waals surface area (Å²) in [7, 11) is 0. The quantitative estimate of drug-likeness (QED) is 0.466.